The summed E-state index contributed by atoms with van der Waals surface area (Å²) in [6.07, 6.45) is 7.99. The van der Waals surface area contributed by atoms with Crippen molar-refractivity contribution < 1.29 is 14.3 Å². The molecule has 0 radical (unpaired) electrons. The lowest BCUT2D eigenvalue weighted by molar-refractivity contribution is -0.140. The van der Waals surface area contributed by atoms with E-state index in [1.165, 1.54) is 32.1 Å². The predicted molar refractivity (Wildman–Crippen MR) is 98.6 cm³/mol. The highest BCUT2D eigenvalue weighted by atomic mass is 16.5. The number of carbonyl (C=O) groups excluding carboxylic acids is 1. The molecule has 0 atom stereocenters. The molecule has 0 spiro atoms. The number of hydrogen-bond donors (Lipinski definition) is 2. The summed E-state index contributed by atoms with van der Waals surface area (Å²) < 4.78 is 11.6. The fraction of sp³-hybridized carbons (Fsp3) is 0.650. The van der Waals surface area contributed by atoms with Gasteiger partial charge in [0.2, 0.25) is 0 Å². The monoisotopic (exact) mass is 346 g/mol. The van der Waals surface area contributed by atoms with Gasteiger partial charge in [-0.15, -0.1) is 0 Å². The Morgan fingerprint density at radius 3 is 2.72 bits per heavy atom. The smallest absolute Gasteiger partial charge is 0.256 e. The van der Waals surface area contributed by atoms with Crippen LogP contribution in [0.4, 0.5) is 5.69 Å². The van der Waals surface area contributed by atoms with Crippen LogP contribution in [0.25, 0.3) is 0 Å². The number of anilines is 1. The highest BCUT2D eigenvalue weighted by Crippen LogP contribution is 2.25. The first-order chi connectivity index (χ1) is 12.2. The summed E-state index contributed by atoms with van der Waals surface area (Å²) >= 11 is 0. The van der Waals surface area contributed by atoms with E-state index >= 15 is 0 Å². The van der Waals surface area contributed by atoms with Crippen LogP contribution in [0.5, 0.6) is 0 Å². The summed E-state index contributed by atoms with van der Waals surface area (Å²) in [5.41, 5.74) is 1.18. The van der Waals surface area contributed by atoms with Gasteiger partial charge in [0.25, 0.3) is 5.91 Å². The minimum absolute atomic E-state index is 0.0538. The van der Waals surface area contributed by atoms with Crippen molar-refractivity contribution in [1.82, 2.24) is 5.32 Å². The maximum absolute atomic E-state index is 12.7. The van der Waals surface area contributed by atoms with Gasteiger partial charge in [-0.2, -0.15) is 0 Å². The van der Waals surface area contributed by atoms with E-state index < -0.39 is 5.60 Å². The molecule has 25 heavy (non-hydrogen) atoms. The van der Waals surface area contributed by atoms with E-state index in [4.69, 9.17) is 9.47 Å². The second-order valence-electron chi connectivity index (χ2n) is 7.17. The molecule has 1 saturated heterocycles. The van der Waals surface area contributed by atoms with Crippen LogP contribution in [0.2, 0.25) is 0 Å². The van der Waals surface area contributed by atoms with E-state index in [0.29, 0.717) is 25.6 Å². The van der Waals surface area contributed by atoms with Crippen molar-refractivity contribution in [3.63, 3.8) is 0 Å². The average Bonchev–Trinajstić information content (AvgIpc) is 2.68. The summed E-state index contributed by atoms with van der Waals surface area (Å²) in [6.45, 7) is 2.21. The predicted octanol–water partition coefficient (Wildman–Crippen LogP) is 3.24. The Morgan fingerprint density at radius 1 is 1.24 bits per heavy atom. The Morgan fingerprint density at radius 2 is 2.00 bits per heavy atom. The molecule has 0 unspecified atom stereocenters. The molecule has 5 nitrogen and oxygen atoms in total. The summed E-state index contributed by atoms with van der Waals surface area (Å²) in [5.74, 6) is -0.0538. The molecule has 138 valence electrons. The molecule has 2 N–H and O–H groups in total. The van der Waals surface area contributed by atoms with Crippen LogP contribution in [0.1, 0.15) is 50.5 Å². The Kier molecular flexibility index (Phi) is 6.45. The van der Waals surface area contributed by atoms with Gasteiger partial charge in [0.05, 0.1) is 12.7 Å². The molecule has 3 rings (SSSR count). The van der Waals surface area contributed by atoms with Gasteiger partial charge < -0.3 is 20.1 Å². The van der Waals surface area contributed by atoms with Crippen molar-refractivity contribution in [3.8, 4) is 0 Å². The van der Waals surface area contributed by atoms with Crippen molar-refractivity contribution in [1.29, 1.82) is 0 Å². The number of nitrogens with one attached hydrogen (secondary N) is 2. The highest BCUT2D eigenvalue weighted by Gasteiger charge is 2.39. The number of hydrogen-bond acceptors (Lipinski definition) is 4. The van der Waals surface area contributed by atoms with Gasteiger partial charge in [-0.25, -0.2) is 0 Å². The molecule has 5 heteroatoms. The van der Waals surface area contributed by atoms with Crippen molar-refractivity contribution in [3.05, 3.63) is 29.8 Å². The third kappa shape index (κ3) is 4.81. The quantitative estimate of drug-likeness (QED) is 0.830. The van der Waals surface area contributed by atoms with Crippen molar-refractivity contribution in [2.45, 2.75) is 63.3 Å². The average molecular weight is 346 g/mol. The first-order valence-electron chi connectivity index (χ1n) is 9.50. The number of amides is 1. The Labute approximate surface area is 150 Å². The third-order valence-corrected chi connectivity index (χ3v) is 5.44. The third-order valence-electron chi connectivity index (χ3n) is 5.44. The zero-order valence-corrected chi connectivity index (χ0v) is 15.2. The summed E-state index contributed by atoms with van der Waals surface area (Å²) in [7, 11) is 1.62. The fourth-order valence-electron chi connectivity index (χ4n) is 3.78. The van der Waals surface area contributed by atoms with E-state index in [1.54, 1.807) is 7.11 Å². The fourth-order valence-corrected chi connectivity index (χ4v) is 3.78. The zero-order valence-electron chi connectivity index (χ0n) is 15.2. The lowest BCUT2D eigenvalue weighted by atomic mass is 9.91. The first-order valence-corrected chi connectivity index (χ1v) is 9.50. The second kappa shape index (κ2) is 8.79. The number of rotatable bonds is 6. The molecule has 0 aromatic heterocycles. The maximum Gasteiger partial charge on any atom is 0.256 e. The van der Waals surface area contributed by atoms with Gasteiger partial charge >= 0.3 is 0 Å². The topological polar surface area (TPSA) is 59.6 Å². The minimum Gasteiger partial charge on any atom is -0.374 e. The Bertz CT molecular complexity index is 564. The van der Waals surface area contributed by atoms with Crippen LogP contribution in [0.3, 0.4) is 0 Å². The number of methoxy groups -OCH3 is 1. The first kappa shape index (κ1) is 18.4. The van der Waals surface area contributed by atoms with Crippen LogP contribution in [0.15, 0.2) is 24.3 Å². The van der Waals surface area contributed by atoms with Gasteiger partial charge in [0.15, 0.2) is 0 Å². The van der Waals surface area contributed by atoms with Crippen molar-refractivity contribution in [2.75, 3.05) is 25.5 Å². The molecule has 1 amide bonds. The molecule has 1 aliphatic heterocycles. The number of carbonyl (C=O) groups is 1. The molecule has 1 aliphatic carbocycles. The molecule has 2 aliphatic rings. The van der Waals surface area contributed by atoms with E-state index in [1.807, 2.05) is 18.2 Å². The summed E-state index contributed by atoms with van der Waals surface area (Å²) in [6, 6.07) is 7.95. The largest absolute Gasteiger partial charge is 0.374 e. The number of benzene rings is 1. The highest BCUT2D eigenvalue weighted by molar-refractivity contribution is 5.97. The van der Waals surface area contributed by atoms with Crippen LogP contribution in [-0.2, 0) is 20.9 Å². The minimum atomic E-state index is -0.722. The molecule has 2 fully saturated rings. The van der Waals surface area contributed by atoms with E-state index in [2.05, 4.69) is 16.7 Å². The van der Waals surface area contributed by atoms with Gasteiger partial charge in [-0.05, 0) is 56.5 Å². The lowest BCUT2D eigenvalue weighted by Crippen LogP contribution is -2.51. The molecule has 1 aromatic carbocycles. The normalized spacial score (nSPS) is 21.0. The molecular formula is C20H30N2O3. The summed E-state index contributed by atoms with van der Waals surface area (Å²) in [5, 5.41) is 6.31. The van der Waals surface area contributed by atoms with Gasteiger partial charge in [-0.3, -0.25) is 4.79 Å². The van der Waals surface area contributed by atoms with Gasteiger partial charge in [0.1, 0.15) is 5.60 Å². The van der Waals surface area contributed by atoms with Crippen LogP contribution >= 0.6 is 0 Å². The van der Waals surface area contributed by atoms with Gasteiger partial charge in [0, 0.05) is 12.8 Å². The van der Waals surface area contributed by atoms with Crippen molar-refractivity contribution in [2.24, 2.45) is 0 Å². The zero-order chi connectivity index (χ0) is 17.5. The summed E-state index contributed by atoms with van der Waals surface area (Å²) in [4.78, 5) is 12.7. The Hall–Kier alpha value is -1.43. The number of piperidine rings is 1. The molecule has 1 aromatic rings. The van der Waals surface area contributed by atoms with Crippen LogP contribution < -0.4 is 10.6 Å². The Balaban J connectivity index is 1.57. The standard InChI is InChI=1S/C20H30N2O3/c1-24-20(10-12-21-13-11-20)19(23)22-17-7-5-6-16(14-17)15-25-18-8-3-2-4-9-18/h5-7,14,18,21H,2-4,8-13,15H2,1H3,(H,22,23). The number of ether oxygens (including phenoxy) is 2. The van der Waals surface area contributed by atoms with E-state index in [9.17, 15) is 4.79 Å². The van der Waals surface area contributed by atoms with E-state index in [-0.39, 0.29) is 5.91 Å². The molecule has 0 bridgehead atoms. The maximum atomic E-state index is 12.7. The lowest BCUT2D eigenvalue weighted by Gasteiger charge is -2.34. The SMILES string of the molecule is COC1(C(=O)Nc2cccc(COC3CCCCC3)c2)CCNCC1. The molecule has 1 saturated carbocycles. The van der Waals surface area contributed by atoms with E-state index in [0.717, 1.165) is 24.3 Å². The van der Waals surface area contributed by atoms with Gasteiger partial charge in [-0.1, -0.05) is 31.4 Å². The van der Waals surface area contributed by atoms with Crippen molar-refractivity contribution >= 4 is 11.6 Å². The van der Waals surface area contributed by atoms with Crippen LogP contribution in [0, 0.1) is 0 Å². The second-order valence-corrected chi connectivity index (χ2v) is 7.17. The molecule has 1 heterocycles. The van der Waals surface area contributed by atoms with Crippen LogP contribution in [-0.4, -0.2) is 37.8 Å². The molecular weight excluding hydrogens is 316 g/mol.